The molecule has 1 amide bonds. The van der Waals surface area contributed by atoms with Crippen LogP contribution in [0.5, 0.6) is 5.75 Å². The van der Waals surface area contributed by atoms with Crippen LogP contribution in [0.3, 0.4) is 0 Å². The third-order valence-corrected chi connectivity index (χ3v) is 4.70. The molecular formula is C20H23NO2. The minimum Gasteiger partial charge on any atom is -0.497 e. The minimum atomic E-state index is 0.119. The Balaban J connectivity index is 1.82. The van der Waals surface area contributed by atoms with Crippen molar-refractivity contribution in [3.05, 3.63) is 59.7 Å². The Hall–Kier alpha value is -2.29. The maximum atomic E-state index is 12.8. The van der Waals surface area contributed by atoms with Crippen LogP contribution in [0.2, 0.25) is 0 Å². The minimum absolute atomic E-state index is 0.119. The predicted molar refractivity (Wildman–Crippen MR) is 93.1 cm³/mol. The Kier molecular flexibility index (Phi) is 4.12. The van der Waals surface area contributed by atoms with E-state index in [1.54, 1.807) is 7.11 Å². The van der Waals surface area contributed by atoms with Crippen molar-refractivity contribution >= 4 is 11.6 Å². The number of methoxy groups -OCH3 is 1. The number of fused-ring (bicyclic) bond motifs is 1. The summed E-state index contributed by atoms with van der Waals surface area (Å²) in [6.45, 7) is 5.27. The third kappa shape index (κ3) is 3.09. The molecule has 0 unspecified atom stereocenters. The molecule has 0 radical (unpaired) electrons. The Labute approximate surface area is 137 Å². The smallest absolute Gasteiger partial charge is 0.231 e. The van der Waals surface area contributed by atoms with E-state index in [4.69, 9.17) is 4.74 Å². The lowest BCUT2D eigenvalue weighted by Gasteiger charge is -2.39. The van der Waals surface area contributed by atoms with Gasteiger partial charge in [0, 0.05) is 12.2 Å². The zero-order valence-electron chi connectivity index (χ0n) is 14.0. The Morgan fingerprint density at radius 1 is 1.13 bits per heavy atom. The molecule has 0 spiro atoms. The Morgan fingerprint density at radius 2 is 1.83 bits per heavy atom. The van der Waals surface area contributed by atoms with Crippen LogP contribution in [0.15, 0.2) is 48.5 Å². The number of anilines is 1. The number of para-hydroxylation sites is 1. The first-order valence-electron chi connectivity index (χ1n) is 8.04. The van der Waals surface area contributed by atoms with E-state index >= 15 is 0 Å². The Morgan fingerprint density at radius 3 is 2.52 bits per heavy atom. The first-order chi connectivity index (χ1) is 11.0. The molecule has 0 aliphatic carbocycles. The van der Waals surface area contributed by atoms with Crippen LogP contribution in [0, 0.1) is 0 Å². The largest absolute Gasteiger partial charge is 0.497 e. The predicted octanol–water partition coefficient (Wildman–Crippen LogP) is 3.95. The zero-order chi connectivity index (χ0) is 16.4. The van der Waals surface area contributed by atoms with E-state index in [1.165, 1.54) is 5.56 Å². The molecule has 2 aromatic carbocycles. The summed E-state index contributed by atoms with van der Waals surface area (Å²) in [5.74, 6) is 0.962. The second-order valence-corrected chi connectivity index (χ2v) is 6.72. The molecule has 120 valence electrons. The standard InChI is InChI=1S/C20H23NO2/c1-20(2)12-13-21(18-7-5-4-6-17(18)20)19(22)14-15-8-10-16(23-3)11-9-15/h4-11H,12-14H2,1-3H3. The van der Waals surface area contributed by atoms with E-state index in [0.29, 0.717) is 6.42 Å². The lowest BCUT2D eigenvalue weighted by Crippen LogP contribution is -2.41. The molecule has 0 fully saturated rings. The number of hydrogen-bond donors (Lipinski definition) is 0. The average Bonchev–Trinajstić information content (AvgIpc) is 2.55. The SMILES string of the molecule is COc1ccc(CC(=O)N2CCC(C)(C)c3ccccc32)cc1. The van der Waals surface area contributed by atoms with Gasteiger partial charge in [0.05, 0.1) is 13.5 Å². The molecule has 0 aromatic heterocycles. The van der Waals surface area contributed by atoms with Gasteiger partial charge in [-0.2, -0.15) is 0 Å². The zero-order valence-corrected chi connectivity index (χ0v) is 14.0. The molecule has 1 aliphatic rings. The molecular weight excluding hydrogens is 286 g/mol. The highest BCUT2D eigenvalue weighted by molar-refractivity contribution is 5.96. The second-order valence-electron chi connectivity index (χ2n) is 6.72. The van der Waals surface area contributed by atoms with Crippen molar-refractivity contribution in [3.8, 4) is 5.75 Å². The molecule has 1 aliphatic heterocycles. The van der Waals surface area contributed by atoms with Crippen LogP contribution in [-0.2, 0) is 16.6 Å². The van der Waals surface area contributed by atoms with Crippen LogP contribution >= 0.6 is 0 Å². The van der Waals surface area contributed by atoms with Crippen LogP contribution < -0.4 is 9.64 Å². The van der Waals surface area contributed by atoms with Crippen molar-refractivity contribution in [2.24, 2.45) is 0 Å². The number of carbonyl (C=O) groups excluding carboxylic acids is 1. The molecule has 2 aromatic rings. The molecule has 3 nitrogen and oxygen atoms in total. The summed E-state index contributed by atoms with van der Waals surface area (Å²) in [5, 5.41) is 0. The summed E-state index contributed by atoms with van der Waals surface area (Å²) in [5.41, 5.74) is 3.45. The van der Waals surface area contributed by atoms with Crippen molar-refractivity contribution in [1.82, 2.24) is 0 Å². The lowest BCUT2D eigenvalue weighted by molar-refractivity contribution is -0.118. The summed E-state index contributed by atoms with van der Waals surface area (Å²) in [7, 11) is 1.65. The number of carbonyl (C=O) groups is 1. The van der Waals surface area contributed by atoms with Crippen LogP contribution in [0.4, 0.5) is 5.69 Å². The number of ether oxygens (including phenoxy) is 1. The molecule has 0 N–H and O–H groups in total. The molecule has 3 heteroatoms. The molecule has 3 rings (SSSR count). The van der Waals surface area contributed by atoms with Gasteiger partial charge in [0.15, 0.2) is 0 Å². The van der Waals surface area contributed by atoms with E-state index in [9.17, 15) is 4.79 Å². The van der Waals surface area contributed by atoms with Gasteiger partial charge in [0.2, 0.25) is 5.91 Å². The van der Waals surface area contributed by atoms with Gasteiger partial charge >= 0.3 is 0 Å². The summed E-state index contributed by atoms with van der Waals surface area (Å²) in [4.78, 5) is 14.7. The van der Waals surface area contributed by atoms with Crippen molar-refractivity contribution in [1.29, 1.82) is 0 Å². The highest BCUT2D eigenvalue weighted by atomic mass is 16.5. The van der Waals surface area contributed by atoms with Crippen molar-refractivity contribution in [3.63, 3.8) is 0 Å². The molecule has 23 heavy (non-hydrogen) atoms. The van der Waals surface area contributed by atoms with Crippen molar-refractivity contribution < 1.29 is 9.53 Å². The van der Waals surface area contributed by atoms with Gasteiger partial charge < -0.3 is 9.64 Å². The van der Waals surface area contributed by atoms with E-state index in [-0.39, 0.29) is 11.3 Å². The Bertz CT molecular complexity index is 704. The first-order valence-corrected chi connectivity index (χ1v) is 8.04. The molecule has 0 atom stereocenters. The maximum Gasteiger partial charge on any atom is 0.231 e. The van der Waals surface area contributed by atoms with E-state index < -0.39 is 0 Å². The van der Waals surface area contributed by atoms with Gasteiger partial charge in [-0.1, -0.05) is 44.2 Å². The summed E-state index contributed by atoms with van der Waals surface area (Å²) >= 11 is 0. The fourth-order valence-electron chi connectivity index (χ4n) is 3.20. The quantitative estimate of drug-likeness (QED) is 0.859. The van der Waals surface area contributed by atoms with E-state index in [1.807, 2.05) is 35.2 Å². The summed E-state index contributed by atoms with van der Waals surface area (Å²) < 4.78 is 5.16. The fraction of sp³-hybridized carbons (Fsp3) is 0.350. The fourth-order valence-corrected chi connectivity index (χ4v) is 3.20. The lowest BCUT2D eigenvalue weighted by atomic mass is 9.77. The normalized spacial score (nSPS) is 15.9. The number of hydrogen-bond acceptors (Lipinski definition) is 2. The topological polar surface area (TPSA) is 29.5 Å². The van der Waals surface area contributed by atoms with Gasteiger partial charge in [-0.15, -0.1) is 0 Å². The summed E-state index contributed by atoms with van der Waals surface area (Å²) in [6, 6.07) is 16.0. The van der Waals surface area contributed by atoms with Gasteiger partial charge in [-0.3, -0.25) is 4.79 Å². The van der Waals surface area contributed by atoms with Gasteiger partial charge in [-0.25, -0.2) is 0 Å². The van der Waals surface area contributed by atoms with Crippen molar-refractivity contribution in [2.45, 2.75) is 32.1 Å². The van der Waals surface area contributed by atoms with Crippen LogP contribution in [0.1, 0.15) is 31.4 Å². The number of nitrogens with zero attached hydrogens (tertiary/aromatic N) is 1. The number of benzene rings is 2. The molecule has 0 saturated carbocycles. The number of amides is 1. The van der Waals surface area contributed by atoms with Gasteiger partial charge in [0.1, 0.15) is 5.75 Å². The van der Waals surface area contributed by atoms with E-state index in [0.717, 1.165) is 30.0 Å². The van der Waals surface area contributed by atoms with Crippen LogP contribution in [0.25, 0.3) is 0 Å². The van der Waals surface area contributed by atoms with E-state index in [2.05, 4.69) is 32.0 Å². The first kappa shape index (κ1) is 15.6. The highest BCUT2D eigenvalue weighted by Gasteiger charge is 2.33. The van der Waals surface area contributed by atoms with Gasteiger partial charge in [-0.05, 0) is 41.2 Å². The van der Waals surface area contributed by atoms with Gasteiger partial charge in [0.25, 0.3) is 0 Å². The third-order valence-electron chi connectivity index (χ3n) is 4.70. The molecule has 0 saturated heterocycles. The second kappa shape index (κ2) is 6.07. The molecule has 0 bridgehead atoms. The van der Waals surface area contributed by atoms with Crippen LogP contribution in [-0.4, -0.2) is 19.6 Å². The number of rotatable bonds is 3. The summed E-state index contributed by atoms with van der Waals surface area (Å²) in [6.07, 6.45) is 1.40. The maximum absolute atomic E-state index is 12.8. The van der Waals surface area contributed by atoms with Crippen molar-refractivity contribution in [2.75, 3.05) is 18.6 Å². The molecule has 1 heterocycles. The average molecular weight is 309 g/mol. The highest BCUT2D eigenvalue weighted by Crippen LogP contribution is 2.39. The monoisotopic (exact) mass is 309 g/mol.